The minimum absolute atomic E-state index is 0.0544. The van der Waals surface area contributed by atoms with Crippen molar-refractivity contribution in [1.82, 2.24) is 0 Å². The third-order valence-corrected chi connectivity index (χ3v) is 7.27. The summed E-state index contributed by atoms with van der Waals surface area (Å²) in [6.45, 7) is 2.12. The van der Waals surface area contributed by atoms with Gasteiger partial charge in [0.25, 0.3) is 0 Å². The maximum Gasteiger partial charge on any atom is 0.157 e. The molecule has 2 unspecified atom stereocenters. The Balaban J connectivity index is 1.32. The van der Waals surface area contributed by atoms with E-state index in [9.17, 15) is 8.78 Å². The van der Waals surface area contributed by atoms with Crippen LogP contribution in [0.3, 0.4) is 0 Å². The summed E-state index contributed by atoms with van der Waals surface area (Å²) in [6.07, 6.45) is 9.48. The molecule has 2 saturated carbocycles. The zero-order valence-electron chi connectivity index (χ0n) is 17.9. The monoisotopic (exact) mass is 418 g/mol. The van der Waals surface area contributed by atoms with E-state index in [2.05, 4.69) is 0 Å². The highest BCUT2D eigenvalue weighted by atomic mass is 19.2. The molecule has 0 spiro atoms. The lowest BCUT2D eigenvalue weighted by Gasteiger charge is -2.35. The van der Waals surface area contributed by atoms with Crippen molar-refractivity contribution in [3.8, 4) is 0 Å². The Bertz CT molecular complexity index is 785. The lowest BCUT2D eigenvalue weighted by atomic mass is 9.74. The molecule has 0 heterocycles. The fourth-order valence-corrected chi connectivity index (χ4v) is 5.41. The van der Waals surface area contributed by atoms with Gasteiger partial charge in [0.2, 0.25) is 0 Å². The summed E-state index contributed by atoms with van der Waals surface area (Å²) in [7, 11) is 0. The van der Waals surface area contributed by atoms with Crippen LogP contribution in [-0.4, -0.2) is 18.4 Å². The van der Waals surface area contributed by atoms with Gasteiger partial charge in [-0.2, -0.15) is 0 Å². The second-order valence-electron chi connectivity index (χ2n) is 9.35. The first-order chi connectivity index (χ1) is 14.5. The zero-order valence-corrected chi connectivity index (χ0v) is 17.9. The second-order valence-corrected chi connectivity index (χ2v) is 9.35. The van der Waals surface area contributed by atoms with E-state index in [-0.39, 0.29) is 30.4 Å². The van der Waals surface area contributed by atoms with Gasteiger partial charge in [0.1, 0.15) is 5.82 Å². The molecule has 3 aliphatic rings. The van der Waals surface area contributed by atoms with Gasteiger partial charge >= 0.3 is 0 Å². The standard InChI is InChI=1S/C26H33F3O/c1-17-7-8-20(24(27)15-17)16-30-21-11-9-19(10-12-21)23-14-13-22(25(28)26(23)29)18-5-3-2-4-6-18/h7-8,13-15,18-19,21,25-26H,2-6,9-12,16H2,1H3. The Labute approximate surface area is 178 Å². The Morgan fingerprint density at radius 3 is 2.03 bits per heavy atom. The number of rotatable bonds is 5. The molecule has 2 fully saturated rings. The number of halogens is 3. The Morgan fingerprint density at radius 1 is 0.833 bits per heavy atom. The van der Waals surface area contributed by atoms with Crippen molar-refractivity contribution in [2.45, 2.75) is 89.8 Å². The summed E-state index contributed by atoms with van der Waals surface area (Å²) in [6, 6.07) is 5.18. The van der Waals surface area contributed by atoms with Crippen LogP contribution < -0.4 is 0 Å². The molecule has 164 valence electrons. The number of aryl methyl sites for hydroxylation is 1. The molecule has 2 atom stereocenters. The normalized spacial score (nSPS) is 30.7. The largest absolute Gasteiger partial charge is 0.373 e. The molecule has 0 bridgehead atoms. The van der Waals surface area contributed by atoms with Crippen LogP contribution in [0.4, 0.5) is 13.2 Å². The quantitative estimate of drug-likeness (QED) is 0.486. The van der Waals surface area contributed by atoms with Gasteiger partial charge in [0, 0.05) is 5.56 Å². The van der Waals surface area contributed by atoms with Crippen molar-refractivity contribution in [1.29, 1.82) is 0 Å². The Morgan fingerprint density at radius 2 is 1.43 bits per heavy atom. The molecule has 4 heteroatoms. The average molecular weight is 419 g/mol. The summed E-state index contributed by atoms with van der Waals surface area (Å²) >= 11 is 0. The van der Waals surface area contributed by atoms with Gasteiger partial charge < -0.3 is 4.74 Å². The van der Waals surface area contributed by atoms with Crippen molar-refractivity contribution in [3.05, 3.63) is 58.4 Å². The second kappa shape index (κ2) is 9.72. The van der Waals surface area contributed by atoms with Crippen molar-refractivity contribution in [2.75, 3.05) is 0 Å². The van der Waals surface area contributed by atoms with Gasteiger partial charge in [-0.3, -0.25) is 0 Å². The van der Waals surface area contributed by atoms with Crippen LogP contribution in [0.1, 0.15) is 68.9 Å². The molecule has 30 heavy (non-hydrogen) atoms. The molecule has 0 aromatic heterocycles. The first kappa shape index (κ1) is 21.7. The number of allylic oxidation sites excluding steroid dienone is 4. The summed E-state index contributed by atoms with van der Waals surface area (Å²) in [4.78, 5) is 0. The summed E-state index contributed by atoms with van der Waals surface area (Å²) in [5.41, 5.74) is 2.78. The highest BCUT2D eigenvalue weighted by molar-refractivity contribution is 5.35. The minimum atomic E-state index is -1.50. The number of alkyl halides is 2. The van der Waals surface area contributed by atoms with Gasteiger partial charge in [0.15, 0.2) is 12.3 Å². The third-order valence-electron chi connectivity index (χ3n) is 7.27. The number of ether oxygens (including phenoxy) is 1. The highest BCUT2D eigenvalue weighted by Crippen LogP contribution is 2.42. The predicted molar refractivity (Wildman–Crippen MR) is 114 cm³/mol. The van der Waals surface area contributed by atoms with E-state index in [4.69, 9.17) is 4.74 Å². The molecule has 0 aliphatic heterocycles. The molecule has 1 aromatic rings. The van der Waals surface area contributed by atoms with Crippen LogP contribution in [0.15, 0.2) is 41.5 Å². The topological polar surface area (TPSA) is 9.23 Å². The van der Waals surface area contributed by atoms with Gasteiger partial charge in [-0.1, -0.05) is 43.5 Å². The zero-order chi connectivity index (χ0) is 21.1. The van der Waals surface area contributed by atoms with Crippen LogP contribution in [0, 0.1) is 24.6 Å². The first-order valence-corrected chi connectivity index (χ1v) is 11.6. The van der Waals surface area contributed by atoms with Gasteiger partial charge in [-0.25, -0.2) is 13.2 Å². The van der Waals surface area contributed by atoms with Crippen molar-refractivity contribution in [2.24, 2.45) is 11.8 Å². The fourth-order valence-electron chi connectivity index (χ4n) is 5.41. The van der Waals surface area contributed by atoms with E-state index < -0.39 is 12.3 Å². The van der Waals surface area contributed by atoms with Gasteiger partial charge in [-0.05, 0) is 80.1 Å². The summed E-state index contributed by atoms with van der Waals surface area (Å²) < 4.78 is 49.9. The lowest BCUT2D eigenvalue weighted by Crippen LogP contribution is -2.33. The third kappa shape index (κ3) is 4.85. The SMILES string of the molecule is Cc1ccc(COC2CCC(C3=CC=C(C4CCCCC4)C(F)C3F)CC2)c(F)c1. The highest BCUT2D eigenvalue weighted by Gasteiger charge is 2.38. The smallest absolute Gasteiger partial charge is 0.157 e. The van der Waals surface area contributed by atoms with Crippen LogP contribution in [0.2, 0.25) is 0 Å². The first-order valence-electron chi connectivity index (χ1n) is 11.6. The van der Waals surface area contributed by atoms with Crippen LogP contribution in [0.5, 0.6) is 0 Å². The molecule has 0 amide bonds. The van der Waals surface area contributed by atoms with Crippen molar-refractivity contribution < 1.29 is 17.9 Å². The molecule has 0 saturated heterocycles. The summed E-state index contributed by atoms with van der Waals surface area (Å²) in [5.74, 6) is 0.0698. The van der Waals surface area contributed by atoms with E-state index in [0.717, 1.165) is 56.9 Å². The summed E-state index contributed by atoms with van der Waals surface area (Å²) in [5, 5.41) is 0. The number of hydrogen-bond donors (Lipinski definition) is 0. The molecular formula is C26H33F3O. The van der Waals surface area contributed by atoms with Crippen molar-refractivity contribution in [3.63, 3.8) is 0 Å². The van der Waals surface area contributed by atoms with E-state index >= 15 is 4.39 Å². The molecule has 0 N–H and O–H groups in total. The fraction of sp³-hybridized carbons (Fsp3) is 0.615. The molecule has 4 rings (SSSR count). The van der Waals surface area contributed by atoms with E-state index in [0.29, 0.717) is 16.7 Å². The Hall–Kier alpha value is -1.55. The maximum atomic E-state index is 15.0. The van der Waals surface area contributed by atoms with E-state index in [1.54, 1.807) is 6.07 Å². The predicted octanol–water partition coefficient (Wildman–Crippen LogP) is 7.33. The van der Waals surface area contributed by atoms with Crippen LogP contribution in [-0.2, 0) is 11.3 Å². The maximum absolute atomic E-state index is 15.0. The number of hydrogen-bond acceptors (Lipinski definition) is 1. The Kier molecular flexibility index (Phi) is 7.02. The van der Waals surface area contributed by atoms with Crippen LogP contribution >= 0.6 is 0 Å². The molecule has 1 aromatic carbocycles. The minimum Gasteiger partial charge on any atom is -0.373 e. The van der Waals surface area contributed by atoms with E-state index in [1.165, 1.54) is 12.5 Å². The molecule has 3 aliphatic carbocycles. The van der Waals surface area contributed by atoms with Gasteiger partial charge in [0.05, 0.1) is 12.7 Å². The molecular weight excluding hydrogens is 385 g/mol. The number of benzene rings is 1. The van der Waals surface area contributed by atoms with Crippen LogP contribution in [0.25, 0.3) is 0 Å². The molecule has 0 radical (unpaired) electrons. The molecule has 1 nitrogen and oxygen atoms in total. The average Bonchev–Trinajstić information content (AvgIpc) is 2.76. The van der Waals surface area contributed by atoms with Gasteiger partial charge in [-0.15, -0.1) is 0 Å². The van der Waals surface area contributed by atoms with E-state index in [1.807, 2.05) is 25.1 Å². The lowest BCUT2D eigenvalue weighted by molar-refractivity contribution is 0.00737. The van der Waals surface area contributed by atoms with Crippen molar-refractivity contribution >= 4 is 0 Å².